The van der Waals surface area contributed by atoms with E-state index < -0.39 is 10.0 Å². The summed E-state index contributed by atoms with van der Waals surface area (Å²) in [6.45, 7) is 1.82. The van der Waals surface area contributed by atoms with Gasteiger partial charge in [-0.1, -0.05) is 12.1 Å². The van der Waals surface area contributed by atoms with Gasteiger partial charge in [0, 0.05) is 17.8 Å². The van der Waals surface area contributed by atoms with Gasteiger partial charge in [0.25, 0.3) is 5.91 Å². The highest BCUT2D eigenvalue weighted by Gasteiger charge is 2.09. The molecular formula is C16H17FN2O3S. The van der Waals surface area contributed by atoms with Crippen LogP contribution in [0.5, 0.6) is 0 Å². The van der Waals surface area contributed by atoms with Crippen molar-refractivity contribution < 1.29 is 17.6 Å². The molecule has 7 heteroatoms. The molecule has 0 saturated carbocycles. The number of sulfonamides is 1. The van der Waals surface area contributed by atoms with E-state index in [1.807, 2.05) is 0 Å². The Morgan fingerprint density at radius 1 is 1.04 bits per heavy atom. The maximum atomic E-state index is 12.8. The quantitative estimate of drug-likeness (QED) is 0.851. The lowest BCUT2D eigenvalue weighted by molar-refractivity contribution is 0.0951. The Bertz CT molecular complexity index is 772. The summed E-state index contributed by atoms with van der Waals surface area (Å²) in [5, 5.41) is 2.71. The fourth-order valence-corrected chi connectivity index (χ4v) is 2.47. The molecule has 23 heavy (non-hydrogen) atoms. The smallest absolute Gasteiger partial charge is 0.251 e. The van der Waals surface area contributed by atoms with Crippen molar-refractivity contribution in [2.75, 3.05) is 10.5 Å². The fourth-order valence-electron chi connectivity index (χ4n) is 1.83. The highest BCUT2D eigenvalue weighted by Crippen LogP contribution is 2.12. The van der Waals surface area contributed by atoms with E-state index in [1.54, 1.807) is 19.1 Å². The summed E-state index contributed by atoms with van der Waals surface area (Å²) in [6.07, 6.45) is 0. The van der Waals surface area contributed by atoms with Crippen LogP contribution in [-0.2, 0) is 16.6 Å². The van der Waals surface area contributed by atoms with Gasteiger partial charge >= 0.3 is 0 Å². The zero-order chi connectivity index (χ0) is 16.9. The highest BCUT2D eigenvalue weighted by atomic mass is 32.2. The number of anilines is 1. The van der Waals surface area contributed by atoms with Gasteiger partial charge in [0.05, 0.1) is 5.75 Å². The molecule has 2 rings (SSSR count). The molecule has 0 unspecified atom stereocenters. The Morgan fingerprint density at radius 2 is 1.65 bits per heavy atom. The van der Waals surface area contributed by atoms with E-state index in [2.05, 4.69) is 10.0 Å². The first-order valence-electron chi connectivity index (χ1n) is 7.03. The van der Waals surface area contributed by atoms with Gasteiger partial charge < -0.3 is 5.32 Å². The second kappa shape index (κ2) is 7.23. The van der Waals surface area contributed by atoms with Crippen molar-refractivity contribution in [2.24, 2.45) is 0 Å². The number of nitrogens with one attached hydrogen (secondary N) is 2. The molecule has 0 aliphatic carbocycles. The Morgan fingerprint density at radius 3 is 2.22 bits per heavy atom. The van der Waals surface area contributed by atoms with Crippen LogP contribution < -0.4 is 10.0 Å². The van der Waals surface area contributed by atoms with E-state index in [9.17, 15) is 17.6 Å². The van der Waals surface area contributed by atoms with Crippen molar-refractivity contribution in [3.8, 4) is 0 Å². The topological polar surface area (TPSA) is 75.3 Å². The van der Waals surface area contributed by atoms with Gasteiger partial charge in [-0.25, -0.2) is 12.8 Å². The molecular weight excluding hydrogens is 319 g/mol. The third-order valence-corrected chi connectivity index (χ3v) is 4.47. The van der Waals surface area contributed by atoms with Gasteiger partial charge in [-0.2, -0.15) is 0 Å². The van der Waals surface area contributed by atoms with Crippen LogP contribution >= 0.6 is 0 Å². The molecule has 0 radical (unpaired) electrons. The average molecular weight is 336 g/mol. The number of rotatable bonds is 6. The number of benzene rings is 2. The lowest BCUT2D eigenvalue weighted by Crippen LogP contribution is -2.22. The molecule has 0 aliphatic heterocycles. The van der Waals surface area contributed by atoms with Crippen LogP contribution in [0.3, 0.4) is 0 Å². The van der Waals surface area contributed by atoms with E-state index >= 15 is 0 Å². The molecule has 1 amide bonds. The maximum Gasteiger partial charge on any atom is 0.251 e. The van der Waals surface area contributed by atoms with E-state index in [0.717, 1.165) is 5.56 Å². The predicted octanol–water partition coefficient (Wildman–Crippen LogP) is 2.52. The zero-order valence-electron chi connectivity index (χ0n) is 12.5. The Labute approximate surface area is 134 Å². The average Bonchev–Trinajstić information content (AvgIpc) is 2.54. The normalized spacial score (nSPS) is 11.0. The van der Waals surface area contributed by atoms with Crippen molar-refractivity contribution in [3.63, 3.8) is 0 Å². The first-order chi connectivity index (χ1) is 10.9. The number of amides is 1. The third kappa shape index (κ3) is 5.07. The molecule has 0 aromatic heterocycles. The van der Waals surface area contributed by atoms with E-state index in [4.69, 9.17) is 0 Å². The summed E-state index contributed by atoms with van der Waals surface area (Å²) in [5.74, 6) is -0.642. The van der Waals surface area contributed by atoms with Gasteiger partial charge in [0.1, 0.15) is 5.82 Å². The van der Waals surface area contributed by atoms with Crippen LogP contribution in [0.15, 0.2) is 48.5 Å². The molecule has 0 heterocycles. The molecule has 2 aromatic carbocycles. The van der Waals surface area contributed by atoms with Crippen LogP contribution in [0.25, 0.3) is 0 Å². The van der Waals surface area contributed by atoms with Crippen molar-refractivity contribution in [1.29, 1.82) is 0 Å². The molecule has 0 aliphatic rings. The number of hydrogen-bond donors (Lipinski definition) is 2. The maximum absolute atomic E-state index is 12.8. The van der Waals surface area contributed by atoms with Crippen molar-refractivity contribution in [3.05, 3.63) is 65.5 Å². The largest absolute Gasteiger partial charge is 0.348 e. The standard InChI is InChI=1S/C16H17FN2O3S/c1-2-23(21,22)19-15-9-5-13(6-10-15)16(20)18-11-12-3-7-14(17)8-4-12/h3-10,19H,2,11H2,1H3,(H,18,20). The highest BCUT2D eigenvalue weighted by molar-refractivity contribution is 7.92. The molecule has 0 fully saturated rings. The van der Waals surface area contributed by atoms with Gasteiger partial charge in [-0.05, 0) is 48.9 Å². The Kier molecular flexibility index (Phi) is 5.33. The monoisotopic (exact) mass is 336 g/mol. The molecule has 2 aromatic rings. The minimum atomic E-state index is -3.34. The molecule has 0 spiro atoms. The number of hydrogen-bond acceptors (Lipinski definition) is 3. The van der Waals surface area contributed by atoms with E-state index in [1.165, 1.54) is 36.4 Å². The fraction of sp³-hybridized carbons (Fsp3) is 0.188. The minimum absolute atomic E-state index is 0.0209. The summed E-state index contributed by atoms with van der Waals surface area (Å²) >= 11 is 0. The molecule has 5 nitrogen and oxygen atoms in total. The number of carbonyl (C=O) groups is 1. The van der Waals surface area contributed by atoms with Crippen LogP contribution in [0, 0.1) is 5.82 Å². The molecule has 0 saturated heterocycles. The van der Waals surface area contributed by atoms with E-state index in [-0.39, 0.29) is 24.0 Å². The Hall–Kier alpha value is -2.41. The summed E-state index contributed by atoms with van der Waals surface area (Å²) in [5.41, 5.74) is 1.60. The van der Waals surface area contributed by atoms with Crippen molar-refractivity contribution in [1.82, 2.24) is 5.32 Å². The van der Waals surface area contributed by atoms with Gasteiger partial charge in [0.2, 0.25) is 10.0 Å². The van der Waals surface area contributed by atoms with E-state index in [0.29, 0.717) is 11.3 Å². The summed E-state index contributed by atoms with van der Waals surface area (Å²) < 4.78 is 38.1. The van der Waals surface area contributed by atoms with Crippen molar-refractivity contribution in [2.45, 2.75) is 13.5 Å². The second-order valence-electron chi connectivity index (χ2n) is 4.89. The first kappa shape index (κ1) is 17.0. The minimum Gasteiger partial charge on any atom is -0.348 e. The predicted molar refractivity (Wildman–Crippen MR) is 87.1 cm³/mol. The van der Waals surface area contributed by atoms with Crippen LogP contribution in [0.4, 0.5) is 10.1 Å². The summed E-state index contributed by atoms with van der Waals surface area (Å²) in [4.78, 5) is 12.0. The second-order valence-corrected chi connectivity index (χ2v) is 6.90. The third-order valence-electron chi connectivity index (χ3n) is 3.17. The summed E-state index contributed by atoms with van der Waals surface area (Å²) in [6, 6.07) is 12.0. The first-order valence-corrected chi connectivity index (χ1v) is 8.68. The lowest BCUT2D eigenvalue weighted by Gasteiger charge is -2.08. The molecule has 122 valence electrons. The summed E-state index contributed by atoms with van der Waals surface area (Å²) in [7, 11) is -3.34. The Balaban J connectivity index is 1.96. The van der Waals surface area contributed by atoms with Gasteiger partial charge in [0.15, 0.2) is 0 Å². The molecule has 0 bridgehead atoms. The van der Waals surface area contributed by atoms with Gasteiger partial charge in [-0.3, -0.25) is 9.52 Å². The van der Waals surface area contributed by atoms with Crippen LogP contribution in [-0.4, -0.2) is 20.1 Å². The number of halogens is 1. The van der Waals surface area contributed by atoms with Crippen molar-refractivity contribution >= 4 is 21.6 Å². The lowest BCUT2D eigenvalue weighted by atomic mass is 10.2. The number of carbonyl (C=O) groups excluding carboxylic acids is 1. The van der Waals surface area contributed by atoms with Gasteiger partial charge in [-0.15, -0.1) is 0 Å². The van der Waals surface area contributed by atoms with Crippen LogP contribution in [0.1, 0.15) is 22.8 Å². The zero-order valence-corrected chi connectivity index (χ0v) is 13.4. The SMILES string of the molecule is CCS(=O)(=O)Nc1ccc(C(=O)NCc2ccc(F)cc2)cc1. The molecule has 0 atom stereocenters. The van der Waals surface area contributed by atoms with Crippen LogP contribution in [0.2, 0.25) is 0 Å². The molecule has 2 N–H and O–H groups in total.